The van der Waals surface area contributed by atoms with Crippen molar-refractivity contribution in [1.82, 2.24) is 20.8 Å². The van der Waals surface area contributed by atoms with Crippen LogP contribution in [0.4, 0.5) is 5.69 Å². The van der Waals surface area contributed by atoms with Gasteiger partial charge in [-0.2, -0.15) is 0 Å². The molecule has 4 rings (SSSR count). The van der Waals surface area contributed by atoms with Crippen LogP contribution in [0.15, 0.2) is 60.6 Å². The smallest absolute Gasteiger partial charge is 0.0607 e. The van der Waals surface area contributed by atoms with Crippen molar-refractivity contribution < 1.29 is 0 Å². The van der Waals surface area contributed by atoms with E-state index in [0.717, 1.165) is 24.4 Å². The molecule has 2 aliphatic rings. The summed E-state index contributed by atoms with van der Waals surface area (Å²) >= 11 is 0. The number of nitrogens with zero attached hydrogens (tertiary/aromatic N) is 3. The largest absolute Gasteiger partial charge is 0.305 e. The lowest BCUT2D eigenvalue weighted by Gasteiger charge is -2.32. The molecule has 2 heterocycles. The summed E-state index contributed by atoms with van der Waals surface area (Å²) in [7, 11) is 2.18. The first kappa shape index (κ1) is 15.2. The zero-order valence-corrected chi connectivity index (χ0v) is 13.9. The van der Waals surface area contributed by atoms with Gasteiger partial charge in [-0.3, -0.25) is 14.9 Å². The number of aryl methyl sites for hydroxylation is 1. The average molecular weight is 321 g/mol. The molecule has 5 nitrogen and oxygen atoms in total. The molecule has 0 amide bonds. The maximum absolute atomic E-state index is 4.65. The van der Waals surface area contributed by atoms with Crippen molar-refractivity contribution in [3.63, 3.8) is 0 Å². The lowest BCUT2D eigenvalue weighted by Crippen LogP contribution is -2.38. The fraction of sp³-hybridized carbons (Fsp3) is 0.316. The normalized spacial score (nSPS) is 19.8. The molecule has 1 aromatic carbocycles. The number of aromatic nitrogens is 1. The SMILES string of the molecule is CN(CC1=CN(c2ccccc2)NN1)C1CCCc2cccnc21. The molecule has 0 spiro atoms. The molecule has 0 fully saturated rings. The minimum atomic E-state index is 0.392. The first-order valence-corrected chi connectivity index (χ1v) is 8.52. The molecular weight excluding hydrogens is 298 g/mol. The summed E-state index contributed by atoms with van der Waals surface area (Å²) in [6.45, 7) is 0.858. The second-order valence-corrected chi connectivity index (χ2v) is 6.47. The van der Waals surface area contributed by atoms with Crippen LogP contribution in [0.2, 0.25) is 0 Å². The third-order valence-corrected chi connectivity index (χ3v) is 4.77. The summed E-state index contributed by atoms with van der Waals surface area (Å²) in [4.78, 5) is 7.04. The molecule has 24 heavy (non-hydrogen) atoms. The van der Waals surface area contributed by atoms with E-state index in [1.807, 2.05) is 35.5 Å². The Morgan fingerprint density at radius 2 is 2.08 bits per heavy atom. The van der Waals surface area contributed by atoms with Gasteiger partial charge in [-0.05, 0) is 50.1 Å². The van der Waals surface area contributed by atoms with E-state index in [2.05, 4.69) is 52.3 Å². The molecule has 2 aromatic rings. The molecule has 0 saturated heterocycles. The average Bonchev–Trinajstić information content (AvgIpc) is 3.10. The van der Waals surface area contributed by atoms with Gasteiger partial charge < -0.3 is 5.43 Å². The minimum absolute atomic E-state index is 0.392. The number of para-hydroxylation sites is 1. The number of pyridine rings is 1. The van der Waals surface area contributed by atoms with E-state index in [1.165, 1.54) is 24.1 Å². The highest BCUT2D eigenvalue weighted by molar-refractivity contribution is 5.49. The zero-order chi connectivity index (χ0) is 16.4. The second-order valence-electron chi connectivity index (χ2n) is 6.47. The van der Waals surface area contributed by atoms with Gasteiger partial charge in [0.25, 0.3) is 0 Å². The van der Waals surface area contributed by atoms with Crippen molar-refractivity contribution in [2.24, 2.45) is 0 Å². The molecule has 0 bridgehead atoms. The van der Waals surface area contributed by atoms with Crippen molar-refractivity contribution in [3.05, 3.63) is 71.8 Å². The number of hydrogen-bond donors (Lipinski definition) is 2. The number of likely N-dealkylation sites (N-methyl/N-ethyl adjacent to an activating group) is 1. The van der Waals surface area contributed by atoms with Gasteiger partial charge in [0.15, 0.2) is 0 Å². The molecule has 1 aliphatic carbocycles. The summed E-state index contributed by atoms with van der Waals surface area (Å²) < 4.78 is 0. The standard InChI is InChI=1S/C19H23N5/c1-23(18-11-5-7-15-8-6-12-20-19(15)18)13-16-14-24(22-21-16)17-9-3-2-4-10-17/h2-4,6,8-10,12,14,18,21-22H,5,7,11,13H2,1H3. The van der Waals surface area contributed by atoms with Gasteiger partial charge >= 0.3 is 0 Å². The maximum Gasteiger partial charge on any atom is 0.0607 e. The summed E-state index contributed by atoms with van der Waals surface area (Å²) in [6, 6.07) is 14.9. The van der Waals surface area contributed by atoms with Gasteiger partial charge in [0, 0.05) is 18.9 Å². The van der Waals surface area contributed by atoms with Gasteiger partial charge in [0.1, 0.15) is 0 Å². The van der Waals surface area contributed by atoms with Gasteiger partial charge in [-0.1, -0.05) is 24.3 Å². The molecular formula is C19H23N5. The zero-order valence-electron chi connectivity index (χ0n) is 13.9. The first-order chi connectivity index (χ1) is 11.8. The number of nitrogens with one attached hydrogen (secondary N) is 2. The monoisotopic (exact) mass is 321 g/mol. The third-order valence-electron chi connectivity index (χ3n) is 4.77. The predicted molar refractivity (Wildman–Crippen MR) is 95.8 cm³/mol. The molecule has 1 aliphatic heterocycles. The van der Waals surface area contributed by atoms with E-state index in [1.54, 1.807) is 0 Å². The van der Waals surface area contributed by atoms with Crippen molar-refractivity contribution >= 4 is 5.69 Å². The third kappa shape index (κ3) is 3.00. The molecule has 5 heteroatoms. The Morgan fingerprint density at radius 1 is 1.21 bits per heavy atom. The van der Waals surface area contributed by atoms with Crippen LogP contribution in [0.3, 0.4) is 0 Å². The van der Waals surface area contributed by atoms with Crippen molar-refractivity contribution in [2.75, 3.05) is 18.6 Å². The van der Waals surface area contributed by atoms with E-state index in [4.69, 9.17) is 0 Å². The lowest BCUT2D eigenvalue weighted by molar-refractivity contribution is 0.229. The number of rotatable bonds is 4. The maximum atomic E-state index is 4.65. The summed E-state index contributed by atoms with van der Waals surface area (Å²) in [5.74, 6) is 0. The van der Waals surface area contributed by atoms with Crippen LogP contribution in [0.1, 0.15) is 30.1 Å². The van der Waals surface area contributed by atoms with E-state index in [9.17, 15) is 0 Å². The highest BCUT2D eigenvalue weighted by Crippen LogP contribution is 2.32. The Bertz CT molecular complexity index is 728. The molecule has 0 saturated carbocycles. The Labute approximate surface area is 142 Å². The van der Waals surface area contributed by atoms with Gasteiger partial charge in [0.05, 0.1) is 23.1 Å². The van der Waals surface area contributed by atoms with Crippen molar-refractivity contribution in [2.45, 2.75) is 25.3 Å². The molecule has 1 atom stereocenters. The van der Waals surface area contributed by atoms with Crippen LogP contribution in [-0.4, -0.2) is 23.5 Å². The Kier molecular flexibility index (Phi) is 4.19. The number of hydrazine groups is 2. The molecule has 2 N–H and O–H groups in total. The highest BCUT2D eigenvalue weighted by atomic mass is 15.7. The minimum Gasteiger partial charge on any atom is -0.305 e. The topological polar surface area (TPSA) is 43.4 Å². The molecule has 1 unspecified atom stereocenters. The van der Waals surface area contributed by atoms with E-state index >= 15 is 0 Å². The van der Waals surface area contributed by atoms with Crippen LogP contribution in [0.25, 0.3) is 0 Å². The quantitative estimate of drug-likeness (QED) is 0.906. The fourth-order valence-corrected chi connectivity index (χ4v) is 3.55. The van der Waals surface area contributed by atoms with E-state index in [0.29, 0.717) is 6.04 Å². The number of anilines is 1. The van der Waals surface area contributed by atoms with E-state index in [-0.39, 0.29) is 0 Å². The van der Waals surface area contributed by atoms with Crippen LogP contribution < -0.4 is 16.0 Å². The number of hydrogen-bond acceptors (Lipinski definition) is 5. The first-order valence-electron chi connectivity index (χ1n) is 8.52. The Balaban J connectivity index is 1.47. The van der Waals surface area contributed by atoms with Crippen LogP contribution in [-0.2, 0) is 6.42 Å². The summed E-state index contributed by atoms with van der Waals surface area (Å²) in [6.07, 6.45) is 7.58. The van der Waals surface area contributed by atoms with Gasteiger partial charge in [-0.15, -0.1) is 5.53 Å². The van der Waals surface area contributed by atoms with Crippen molar-refractivity contribution in [1.29, 1.82) is 0 Å². The van der Waals surface area contributed by atoms with Crippen LogP contribution >= 0.6 is 0 Å². The Hall–Kier alpha value is -2.37. The Morgan fingerprint density at radius 3 is 2.96 bits per heavy atom. The second kappa shape index (κ2) is 6.63. The predicted octanol–water partition coefficient (Wildman–Crippen LogP) is 2.76. The molecule has 0 radical (unpaired) electrons. The summed E-state index contributed by atoms with van der Waals surface area (Å²) in [5.41, 5.74) is 11.4. The van der Waals surface area contributed by atoms with Gasteiger partial charge in [0.2, 0.25) is 0 Å². The number of fused-ring (bicyclic) bond motifs is 1. The molecule has 124 valence electrons. The number of benzene rings is 1. The van der Waals surface area contributed by atoms with Gasteiger partial charge in [-0.25, -0.2) is 0 Å². The lowest BCUT2D eigenvalue weighted by atomic mass is 9.91. The van der Waals surface area contributed by atoms with Crippen molar-refractivity contribution in [3.8, 4) is 0 Å². The van der Waals surface area contributed by atoms with E-state index < -0.39 is 0 Å². The van der Waals surface area contributed by atoms with Crippen LogP contribution in [0.5, 0.6) is 0 Å². The van der Waals surface area contributed by atoms with Crippen LogP contribution in [0, 0.1) is 0 Å². The summed E-state index contributed by atoms with van der Waals surface area (Å²) in [5, 5.41) is 2.01. The highest BCUT2D eigenvalue weighted by Gasteiger charge is 2.26. The molecule has 1 aromatic heterocycles. The fourth-order valence-electron chi connectivity index (χ4n) is 3.55.